The highest BCUT2D eigenvalue weighted by molar-refractivity contribution is 5.80. The van der Waals surface area contributed by atoms with Gasteiger partial charge in [-0.05, 0) is 0 Å². The number of aliphatic hydroxyl groups is 1. The monoisotopic (exact) mass is 132 g/mol. The molecule has 0 aromatic heterocycles. The van der Waals surface area contributed by atoms with Crippen molar-refractivity contribution in [3.05, 3.63) is 0 Å². The first-order valence-electron chi connectivity index (χ1n) is 2.57. The lowest BCUT2D eigenvalue weighted by Crippen LogP contribution is -2.56. The number of methoxy groups -OCH3 is 1. The topological polar surface area (TPSA) is 55.8 Å². The maximum Gasteiger partial charge on any atom is 0.342 e. The minimum Gasteiger partial charge on any atom is -0.467 e. The van der Waals surface area contributed by atoms with Crippen LogP contribution < -0.4 is 0 Å². The number of hydrogen-bond acceptors (Lipinski definition) is 4. The van der Waals surface area contributed by atoms with Gasteiger partial charge in [0.2, 0.25) is 5.60 Å². The number of carbonyl (C=O) groups is 1. The van der Waals surface area contributed by atoms with E-state index >= 15 is 0 Å². The summed E-state index contributed by atoms with van der Waals surface area (Å²) in [5.41, 5.74) is -1.35. The molecule has 1 fully saturated rings. The van der Waals surface area contributed by atoms with Gasteiger partial charge >= 0.3 is 5.97 Å². The van der Waals surface area contributed by atoms with E-state index in [1.807, 2.05) is 0 Å². The second-order valence-electron chi connectivity index (χ2n) is 2.02. The van der Waals surface area contributed by atoms with Gasteiger partial charge in [-0.15, -0.1) is 0 Å². The SMILES string of the molecule is COC(=O)C1(O)COC1. The third-order valence-electron chi connectivity index (χ3n) is 1.25. The van der Waals surface area contributed by atoms with E-state index in [2.05, 4.69) is 9.47 Å². The van der Waals surface area contributed by atoms with E-state index in [-0.39, 0.29) is 13.2 Å². The summed E-state index contributed by atoms with van der Waals surface area (Å²) < 4.78 is 8.90. The van der Waals surface area contributed by atoms with Crippen LogP contribution in [0.25, 0.3) is 0 Å². The van der Waals surface area contributed by atoms with E-state index in [1.165, 1.54) is 7.11 Å². The van der Waals surface area contributed by atoms with Crippen molar-refractivity contribution in [2.24, 2.45) is 0 Å². The quantitative estimate of drug-likeness (QED) is 0.461. The lowest BCUT2D eigenvalue weighted by molar-refractivity contribution is -0.209. The number of ether oxygens (including phenoxy) is 2. The number of carbonyl (C=O) groups excluding carboxylic acids is 1. The van der Waals surface area contributed by atoms with Crippen molar-refractivity contribution in [1.82, 2.24) is 0 Å². The Morgan fingerprint density at radius 3 is 2.44 bits per heavy atom. The van der Waals surface area contributed by atoms with Crippen molar-refractivity contribution in [3.63, 3.8) is 0 Å². The van der Waals surface area contributed by atoms with Gasteiger partial charge in [-0.25, -0.2) is 4.79 Å². The normalized spacial score (nSPS) is 22.4. The third-order valence-corrected chi connectivity index (χ3v) is 1.25. The van der Waals surface area contributed by atoms with Crippen molar-refractivity contribution < 1.29 is 19.4 Å². The van der Waals surface area contributed by atoms with Gasteiger partial charge in [-0.3, -0.25) is 0 Å². The number of hydrogen-bond donors (Lipinski definition) is 1. The molecule has 0 aromatic carbocycles. The molecule has 1 saturated heterocycles. The largest absolute Gasteiger partial charge is 0.467 e. The molecule has 52 valence electrons. The number of esters is 1. The molecule has 1 heterocycles. The van der Waals surface area contributed by atoms with Crippen molar-refractivity contribution in [2.45, 2.75) is 5.60 Å². The summed E-state index contributed by atoms with van der Waals surface area (Å²) in [6.45, 7) is 0.110. The fraction of sp³-hybridized carbons (Fsp3) is 0.800. The molecule has 4 nitrogen and oxygen atoms in total. The summed E-state index contributed by atoms with van der Waals surface area (Å²) in [7, 11) is 1.23. The van der Waals surface area contributed by atoms with Crippen LogP contribution in [0.5, 0.6) is 0 Å². The van der Waals surface area contributed by atoms with Crippen LogP contribution in [0.4, 0.5) is 0 Å². The van der Waals surface area contributed by atoms with Crippen molar-refractivity contribution in [2.75, 3.05) is 20.3 Å². The van der Waals surface area contributed by atoms with Crippen molar-refractivity contribution in [1.29, 1.82) is 0 Å². The van der Waals surface area contributed by atoms with Crippen LogP contribution in [0.2, 0.25) is 0 Å². The molecule has 0 unspecified atom stereocenters. The molecule has 9 heavy (non-hydrogen) atoms. The molecule has 1 N–H and O–H groups in total. The molecule has 1 aliphatic rings. The molecule has 0 bridgehead atoms. The Labute approximate surface area is 52.4 Å². The van der Waals surface area contributed by atoms with Crippen LogP contribution in [0.15, 0.2) is 0 Å². The smallest absolute Gasteiger partial charge is 0.342 e. The van der Waals surface area contributed by atoms with Crippen LogP contribution in [0.3, 0.4) is 0 Å². The summed E-state index contributed by atoms with van der Waals surface area (Å²) in [6.07, 6.45) is 0. The summed E-state index contributed by atoms with van der Waals surface area (Å²) in [6, 6.07) is 0. The Balaban J connectivity index is 2.49. The van der Waals surface area contributed by atoms with E-state index < -0.39 is 11.6 Å². The molecular formula is C5H8O4. The van der Waals surface area contributed by atoms with E-state index in [0.717, 1.165) is 0 Å². The van der Waals surface area contributed by atoms with Gasteiger partial charge in [0.05, 0.1) is 20.3 Å². The van der Waals surface area contributed by atoms with Crippen molar-refractivity contribution >= 4 is 5.97 Å². The second kappa shape index (κ2) is 1.97. The van der Waals surface area contributed by atoms with E-state index in [0.29, 0.717) is 0 Å². The minimum absolute atomic E-state index is 0.0552. The standard InChI is InChI=1S/C5H8O4/c1-8-4(6)5(7)2-9-3-5/h7H,2-3H2,1H3. The van der Waals surface area contributed by atoms with Gasteiger partial charge in [-0.1, -0.05) is 0 Å². The Hall–Kier alpha value is -0.610. The van der Waals surface area contributed by atoms with Crippen molar-refractivity contribution in [3.8, 4) is 0 Å². The summed E-state index contributed by atoms with van der Waals surface area (Å²) in [4.78, 5) is 10.6. The van der Waals surface area contributed by atoms with E-state index in [4.69, 9.17) is 5.11 Å². The predicted molar refractivity (Wildman–Crippen MR) is 27.8 cm³/mol. The van der Waals surface area contributed by atoms with Gasteiger partial charge in [0.15, 0.2) is 0 Å². The van der Waals surface area contributed by atoms with Crippen LogP contribution >= 0.6 is 0 Å². The maximum absolute atomic E-state index is 10.6. The zero-order valence-corrected chi connectivity index (χ0v) is 5.09. The molecule has 0 saturated carbocycles. The minimum atomic E-state index is -1.35. The summed E-state index contributed by atoms with van der Waals surface area (Å²) in [5, 5.41) is 9.08. The highest BCUT2D eigenvalue weighted by atomic mass is 16.6. The Morgan fingerprint density at radius 2 is 2.33 bits per heavy atom. The van der Waals surface area contributed by atoms with Gasteiger partial charge < -0.3 is 14.6 Å². The number of rotatable bonds is 1. The lowest BCUT2D eigenvalue weighted by atomic mass is 10.0. The van der Waals surface area contributed by atoms with Crippen LogP contribution in [-0.4, -0.2) is 37.0 Å². The van der Waals surface area contributed by atoms with E-state index in [9.17, 15) is 4.79 Å². The van der Waals surface area contributed by atoms with Gasteiger partial charge in [-0.2, -0.15) is 0 Å². The third kappa shape index (κ3) is 0.906. The van der Waals surface area contributed by atoms with Crippen LogP contribution in [0, 0.1) is 0 Å². The van der Waals surface area contributed by atoms with Crippen LogP contribution in [0.1, 0.15) is 0 Å². The zero-order valence-electron chi connectivity index (χ0n) is 5.09. The van der Waals surface area contributed by atoms with Crippen LogP contribution in [-0.2, 0) is 14.3 Å². The zero-order chi connectivity index (χ0) is 6.91. The van der Waals surface area contributed by atoms with Gasteiger partial charge in [0, 0.05) is 0 Å². The molecule has 1 rings (SSSR count). The Morgan fingerprint density at radius 1 is 1.78 bits per heavy atom. The van der Waals surface area contributed by atoms with Gasteiger partial charge in [0.1, 0.15) is 0 Å². The highest BCUT2D eigenvalue weighted by Gasteiger charge is 2.45. The molecule has 0 aromatic rings. The molecule has 0 spiro atoms. The average Bonchev–Trinajstić information content (AvgIpc) is 1.81. The molecule has 0 atom stereocenters. The first-order chi connectivity index (χ1) is 4.19. The Kier molecular flexibility index (Phi) is 1.42. The summed E-state index contributed by atoms with van der Waals surface area (Å²) >= 11 is 0. The Bertz CT molecular complexity index is 127. The fourth-order valence-electron chi connectivity index (χ4n) is 0.603. The molecular weight excluding hydrogens is 124 g/mol. The fourth-order valence-corrected chi connectivity index (χ4v) is 0.603. The predicted octanol–water partition coefficient (Wildman–Crippen LogP) is -1.08. The second-order valence-corrected chi connectivity index (χ2v) is 2.02. The molecule has 1 aliphatic heterocycles. The highest BCUT2D eigenvalue weighted by Crippen LogP contribution is 2.17. The van der Waals surface area contributed by atoms with Gasteiger partial charge in [0.25, 0.3) is 0 Å². The summed E-state index contributed by atoms with van der Waals surface area (Å²) in [5.74, 6) is -0.617. The molecule has 0 aliphatic carbocycles. The van der Waals surface area contributed by atoms with E-state index in [1.54, 1.807) is 0 Å². The average molecular weight is 132 g/mol. The molecule has 0 amide bonds. The first-order valence-corrected chi connectivity index (χ1v) is 2.57. The molecule has 0 radical (unpaired) electrons. The molecule has 4 heteroatoms. The first kappa shape index (κ1) is 6.51. The maximum atomic E-state index is 10.6. The lowest BCUT2D eigenvalue weighted by Gasteiger charge is -2.32.